The molecule has 0 aliphatic rings. The monoisotopic (exact) mass is 325 g/mol. The number of anilines is 1. The molecule has 0 bridgehead atoms. The van der Waals surface area contributed by atoms with E-state index in [0.717, 1.165) is 17.1 Å². The molecule has 24 heavy (non-hydrogen) atoms. The van der Waals surface area contributed by atoms with Crippen LogP contribution in [0.5, 0.6) is 11.6 Å². The lowest BCUT2D eigenvalue weighted by atomic mass is 10.0. The quantitative estimate of drug-likeness (QED) is 0.750. The maximum atomic E-state index is 5.50. The van der Waals surface area contributed by atoms with Gasteiger partial charge < -0.3 is 19.4 Å². The van der Waals surface area contributed by atoms with Gasteiger partial charge in [0.25, 0.3) is 0 Å². The Kier molecular flexibility index (Phi) is 4.60. The molecule has 1 unspecified atom stereocenters. The van der Waals surface area contributed by atoms with Gasteiger partial charge in [-0.25, -0.2) is 9.97 Å². The van der Waals surface area contributed by atoms with Crippen molar-refractivity contribution in [2.45, 2.75) is 6.04 Å². The Balaban J connectivity index is 2.04. The van der Waals surface area contributed by atoms with E-state index in [1.807, 2.05) is 42.1 Å². The summed E-state index contributed by atoms with van der Waals surface area (Å²) >= 11 is 0. The molecule has 0 saturated carbocycles. The molecule has 0 aliphatic carbocycles. The maximum Gasteiger partial charge on any atom is 0.226 e. The number of para-hydroxylation sites is 1. The summed E-state index contributed by atoms with van der Waals surface area (Å²) < 4.78 is 12.6. The van der Waals surface area contributed by atoms with Crippen molar-refractivity contribution in [2.24, 2.45) is 7.05 Å². The number of nitrogens with zero attached hydrogens (tertiary/aromatic N) is 4. The van der Waals surface area contributed by atoms with Crippen LogP contribution in [0.2, 0.25) is 0 Å². The van der Waals surface area contributed by atoms with E-state index in [0.29, 0.717) is 11.8 Å². The predicted molar refractivity (Wildman–Crippen MR) is 90.3 cm³/mol. The molecular formula is C17H19N5O2. The van der Waals surface area contributed by atoms with E-state index < -0.39 is 0 Å². The zero-order valence-corrected chi connectivity index (χ0v) is 13.8. The minimum Gasteiger partial charge on any atom is -0.496 e. The lowest BCUT2D eigenvalue weighted by molar-refractivity contribution is 0.397. The fourth-order valence-corrected chi connectivity index (χ4v) is 2.50. The summed E-state index contributed by atoms with van der Waals surface area (Å²) in [5.41, 5.74) is 0.945. The summed E-state index contributed by atoms with van der Waals surface area (Å²) in [6.45, 7) is 0. The van der Waals surface area contributed by atoms with Gasteiger partial charge in [0.15, 0.2) is 0 Å². The molecular weight excluding hydrogens is 306 g/mol. The summed E-state index contributed by atoms with van der Waals surface area (Å²) in [5.74, 6) is 2.53. The lowest BCUT2D eigenvalue weighted by Crippen LogP contribution is -2.19. The first-order valence-corrected chi connectivity index (χ1v) is 7.46. The number of methoxy groups -OCH3 is 2. The zero-order valence-electron chi connectivity index (χ0n) is 13.8. The van der Waals surface area contributed by atoms with Gasteiger partial charge in [-0.05, 0) is 6.07 Å². The molecule has 0 aliphatic heterocycles. The van der Waals surface area contributed by atoms with Gasteiger partial charge in [-0.1, -0.05) is 18.2 Å². The molecule has 0 spiro atoms. The van der Waals surface area contributed by atoms with Crippen molar-refractivity contribution >= 4 is 5.95 Å². The van der Waals surface area contributed by atoms with Crippen LogP contribution in [0.15, 0.2) is 48.9 Å². The van der Waals surface area contributed by atoms with Crippen LogP contribution in [-0.4, -0.2) is 33.7 Å². The number of aryl methyl sites for hydroxylation is 1. The van der Waals surface area contributed by atoms with Gasteiger partial charge in [-0.15, -0.1) is 0 Å². The fraction of sp³-hybridized carbons (Fsp3) is 0.235. The summed E-state index contributed by atoms with van der Waals surface area (Å²) in [7, 11) is 5.16. The minimum atomic E-state index is -0.270. The summed E-state index contributed by atoms with van der Waals surface area (Å²) in [5, 5.41) is 3.32. The highest BCUT2D eigenvalue weighted by Gasteiger charge is 2.22. The van der Waals surface area contributed by atoms with E-state index in [9.17, 15) is 0 Å². The third kappa shape index (κ3) is 3.15. The molecule has 1 N–H and O–H groups in total. The third-order valence-electron chi connectivity index (χ3n) is 3.68. The topological polar surface area (TPSA) is 74.1 Å². The Morgan fingerprint density at radius 3 is 2.58 bits per heavy atom. The van der Waals surface area contributed by atoms with Crippen molar-refractivity contribution in [2.75, 3.05) is 19.5 Å². The Bertz CT molecular complexity index is 818. The number of rotatable bonds is 6. The molecule has 0 amide bonds. The first-order valence-electron chi connectivity index (χ1n) is 7.46. The van der Waals surface area contributed by atoms with Crippen LogP contribution in [0.25, 0.3) is 0 Å². The zero-order chi connectivity index (χ0) is 16.9. The maximum absolute atomic E-state index is 5.50. The third-order valence-corrected chi connectivity index (χ3v) is 3.68. The normalized spacial score (nSPS) is 11.8. The molecule has 0 fully saturated rings. The van der Waals surface area contributed by atoms with Crippen molar-refractivity contribution in [3.63, 3.8) is 0 Å². The van der Waals surface area contributed by atoms with Gasteiger partial charge in [0.05, 0.1) is 14.2 Å². The Hall–Kier alpha value is -3.09. The molecule has 2 aromatic heterocycles. The van der Waals surface area contributed by atoms with E-state index in [2.05, 4.69) is 20.3 Å². The number of imidazole rings is 1. The Labute approximate surface area is 140 Å². The summed E-state index contributed by atoms with van der Waals surface area (Å²) in [6, 6.07) is 9.23. The van der Waals surface area contributed by atoms with Crippen molar-refractivity contribution in [3.05, 3.63) is 60.3 Å². The van der Waals surface area contributed by atoms with E-state index in [-0.39, 0.29) is 6.04 Å². The first-order chi connectivity index (χ1) is 11.7. The van der Waals surface area contributed by atoms with E-state index in [1.54, 1.807) is 32.7 Å². The van der Waals surface area contributed by atoms with Gasteiger partial charge in [-0.3, -0.25) is 0 Å². The smallest absolute Gasteiger partial charge is 0.226 e. The Morgan fingerprint density at radius 1 is 1.04 bits per heavy atom. The largest absolute Gasteiger partial charge is 0.496 e. The highest BCUT2D eigenvalue weighted by molar-refractivity contribution is 5.44. The number of hydrogen-bond acceptors (Lipinski definition) is 6. The number of ether oxygens (including phenoxy) is 2. The molecule has 7 nitrogen and oxygen atoms in total. The average molecular weight is 325 g/mol. The molecule has 2 heterocycles. The van der Waals surface area contributed by atoms with Crippen LogP contribution in [0.1, 0.15) is 17.4 Å². The van der Waals surface area contributed by atoms with Crippen molar-refractivity contribution < 1.29 is 9.47 Å². The van der Waals surface area contributed by atoms with E-state index >= 15 is 0 Å². The van der Waals surface area contributed by atoms with Gasteiger partial charge in [0.2, 0.25) is 11.8 Å². The van der Waals surface area contributed by atoms with Crippen LogP contribution >= 0.6 is 0 Å². The number of hydrogen-bond donors (Lipinski definition) is 1. The van der Waals surface area contributed by atoms with E-state index in [4.69, 9.17) is 9.47 Å². The van der Waals surface area contributed by atoms with Gasteiger partial charge >= 0.3 is 0 Å². The van der Waals surface area contributed by atoms with Crippen LogP contribution in [0, 0.1) is 0 Å². The number of nitrogens with one attached hydrogen (secondary N) is 1. The van der Waals surface area contributed by atoms with Crippen molar-refractivity contribution in [1.82, 2.24) is 19.5 Å². The van der Waals surface area contributed by atoms with Crippen LogP contribution in [0.3, 0.4) is 0 Å². The SMILES string of the molecule is COc1ccnc(NC(c2ccccc2OC)c2nccn2C)n1. The highest BCUT2D eigenvalue weighted by Crippen LogP contribution is 2.31. The molecule has 3 rings (SSSR count). The highest BCUT2D eigenvalue weighted by atomic mass is 16.5. The van der Waals surface area contributed by atoms with E-state index in [1.165, 1.54) is 0 Å². The van der Waals surface area contributed by atoms with Gasteiger partial charge in [-0.2, -0.15) is 4.98 Å². The number of aromatic nitrogens is 4. The molecule has 3 aromatic rings. The molecule has 124 valence electrons. The van der Waals surface area contributed by atoms with Crippen molar-refractivity contribution in [3.8, 4) is 11.6 Å². The second kappa shape index (κ2) is 6.99. The first kappa shape index (κ1) is 15.8. The standard InChI is InChI=1S/C17H19N5O2/c1-22-11-10-18-16(22)15(12-6-4-5-7-13(12)23-2)21-17-19-9-8-14(20-17)24-3/h4-11,15H,1-3H3,(H,19,20,21). The van der Waals surface area contributed by atoms with Crippen LogP contribution in [-0.2, 0) is 7.05 Å². The molecule has 7 heteroatoms. The van der Waals surface area contributed by atoms with Crippen molar-refractivity contribution in [1.29, 1.82) is 0 Å². The fourth-order valence-electron chi connectivity index (χ4n) is 2.50. The number of benzene rings is 1. The predicted octanol–water partition coefficient (Wildman–Crippen LogP) is 2.43. The molecule has 0 saturated heterocycles. The lowest BCUT2D eigenvalue weighted by Gasteiger charge is -2.21. The summed E-state index contributed by atoms with van der Waals surface area (Å²) in [6.07, 6.45) is 5.30. The summed E-state index contributed by atoms with van der Waals surface area (Å²) in [4.78, 5) is 13.1. The minimum absolute atomic E-state index is 0.270. The molecule has 0 radical (unpaired) electrons. The van der Waals surface area contributed by atoms with Gasteiger partial charge in [0.1, 0.15) is 17.6 Å². The Morgan fingerprint density at radius 2 is 1.88 bits per heavy atom. The van der Waals surface area contributed by atoms with Crippen LogP contribution < -0.4 is 14.8 Å². The average Bonchev–Trinajstić information content (AvgIpc) is 3.05. The van der Waals surface area contributed by atoms with Crippen LogP contribution in [0.4, 0.5) is 5.95 Å². The second-order valence-corrected chi connectivity index (χ2v) is 5.14. The molecule has 1 aromatic carbocycles. The second-order valence-electron chi connectivity index (χ2n) is 5.14. The molecule has 1 atom stereocenters. The van der Waals surface area contributed by atoms with Gasteiger partial charge in [0, 0.05) is 37.3 Å².